The number of rotatable bonds is 7. The van der Waals surface area contributed by atoms with Crippen LogP contribution in [0.4, 0.5) is 0 Å². The first-order chi connectivity index (χ1) is 12.5. The first-order valence-electron chi connectivity index (χ1n) is 8.38. The second-order valence-corrected chi connectivity index (χ2v) is 6.02. The van der Waals surface area contributed by atoms with Crippen LogP contribution in [-0.4, -0.2) is 30.8 Å². The van der Waals surface area contributed by atoms with Crippen LogP contribution in [0.15, 0.2) is 48.5 Å². The molecule has 0 radical (unpaired) electrons. The molecule has 0 saturated carbocycles. The quantitative estimate of drug-likeness (QED) is 0.704. The van der Waals surface area contributed by atoms with Crippen LogP contribution in [0.3, 0.4) is 0 Å². The Labute approximate surface area is 153 Å². The smallest absolute Gasteiger partial charge is 0.251 e. The molecule has 0 bridgehead atoms. The molecule has 0 fully saturated rings. The maximum atomic E-state index is 12.0. The van der Waals surface area contributed by atoms with Crippen molar-refractivity contribution in [3.05, 3.63) is 70.8 Å². The van der Waals surface area contributed by atoms with Crippen LogP contribution in [0, 0.1) is 13.8 Å². The highest BCUT2D eigenvalue weighted by Crippen LogP contribution is 2.09. The van der Waals surface area contributed by atoms with E-state index in [-0.39, 0.29) is 24.9 Å². The van der Waals surface area contributed by atoms with Crippen LogP contribution in [0.2, 0.25) is 0 Å². The molecule has 6 nitrogen and oxygen atoms in total. The maximum Gasteiger partial charge on any atom is 0.251 e. The van der Waals surface area contributed by atoms with E-state index in [1.54, 1.807) is 12.1 Å². The van der Waals surface area contributed by atoms with Crippen molar-refractivity contribution in [2.45, 2.75) is 20.4 Å². The van der Waals surface area contributed by atoms with Gasteiger partial charge in [-0.1, -0.05) is 36.4 Å². The van der Waals surface area contributed by atoms with Crippen LogP contribution in [0.5, 0.6) is 0 Å². The first-order valence-corrected chi connectivity index (χ1v) is 8.38. The van der Waals surface area contributed by atoms with Gasteiger partial charge in [-0.25, -0.2) is 0 Å². The molecule has 0 atom stereocenters. The van der Waals surface area contributed by atoms with Crippen molar-refractivity contribution in [2.24, 2.45) is 0 Å². The van der Waals surface area contributed by atoms with Crippen molar-refractivity contribution in [1.82, 2.24) is 16.0 Å². The van der Waals surface area contributed by atoms with Crippen molar-refractivity contribution in [1.29, 1.82) is 0 Å². The number of benzene rings is 2. The molecule has 136 valence electrons. The number of hydrogen-bond donors (Lipinski definition) is 3. The van der Waals surface area contributed by atoms with E-state index in [9.17, 15) is 14.4 Å². The largest absolute Gasteiger partial charge is 0.350 e. The Morgan fingerprint density at radius 2 is 1.42 bits per heavy atom. The SMILES string of the molecule is Cc1ccc(C(=O)NCC(=O)NCC(=O)NCc2ccccc2)cc1C. The number of nitrogens with one attached hydrogen (secondary N) is 3. The molecule has 0 heterocycles. The minimum atomic E-state index is -0.419. The Kier molecular flexibility index (Phi) is 6.91. The minimum Gasteiger partial charge on any atom is -0.350 e. The number of amides is 3. The summed E-state index contributed by atoms with van der Waals surface area (Å²) in [5.74, 6) is -1.03. The topological polar surface area (TPSA) is 87.3 Å². The monoisotopic (exact) mass is 353 g/mol. The predicted octanol–water partition coefficient (Wildman–Crippen LogP) is 1.47. The van der Waals surface area contributed by atoms with Crippen molar-refractivity contribution in [3.8, 4) is 0 Å². The summed E-state index contributed by atoms with van der Waals surface area (Å²) in [6.07, 6.45) is 0. The standard InChI is InChI=1S/C20H23N3O3/c1-14-8-9-17(10-15(14)2)20(26)23-13-19(25)22-12-18(24)21-11-16-6-4-3-5-7-16/h3-10H,11-13H2,1-2H3,(H,21,24)(H,22,25)(H,23,26). The Hall–Kier alpha value is -3.15. The summed E-state index contributed by atoms with van der Waals surface area (Å²) in [5, 5.41) is 7.74. The van der Waals surface area contributed by atoms with Crippen LogP contribution >= 0.6 is 0 Å². The summed E-state index contributed by atoms with van der Waals surface area (Å²) < 4.78 is 0. The fourth-order valence-corrected chi connectivity index (χ4v) is 2.25. The third kappa shape index (κ3) is 6.05. The van der Waals surface area contributed by atoms with E-state index >= 15 is 0 Å². The molecule has 6 heteroatoms. The van der Waals surface area contributed by atoms with Crippen LogP contribution in [0.1, 0.15) is 27.0 Å². The lowest BCUT2D eigenvalue weighted by atomic mass is 10.1. The Bertz CT molecular complexity index is 788. The molecule has 0 aromatic heterocycles. The Morgan fingerprint density at radius 3 is 2.12 bits per heavy atom. The van der Waals surface area contributed by atoms with Gasteiger partial charge in [0.1, 0.15) is 0 Å². The van der Waals surface area contributed by atoms with E-state index in [0.29, 0.717) is 12.1 Å². The summed E-state index contributed by atoms with van der Waals surface area (Å²) in [5.41, 5.74) is 3.59. The molecule has 0 aliphatic rings. The summed E-state index contributed by atoms with van der Waals surface area (Å²) in [4.78, 5) is 35.5. The number of hydrogen-bond acceptors (Lipinski definition) is 3. The third-order valence-electron chi connectivity index (χ3n) is 3.96. The van der Waals surface area contributed by atoms with Gasteiger partial charge in [-0.05, 0) is 42.7 Å². The van der Waals surface area contributed by atoms with Crippen molar-refractivity contribution >= 4 is 17.7 Å². The van der Waals surface area contributed by atoms with E-state index in [1.165, 1.54) is 0 Å². The zero-order chi connectivity index (χ0) is 18.9. The van der Waals surface area contributed by atoms with Crippen LogP contribution < -0.4 is 16.0 Å². The Balaban J connectivity index is 1.68. The summed E-state index contributed by atoms with van der Waals surface area (Å²) in [7, 11) is 0. The molecular formula is C20H23N3O3. The molecule has 0 saturated heterocycles. The van der Waals surface area contributed by atoms with Gasteiger partial charge in [0.25, 0.3) is 5.91 Å². The summed E-state index contributed by atoms with van der Waals surface area (Å²) in [6.45, 7) is 3.97. The Morgan fingerprint density at radius 1 is 0.769 bits per heavy atom. The fraction of sp³-hybridized carbons (Fsp3) is 0.250. The average Bonchev–Trinajstić information content (AvgIpc) is 2.65. The van der Waals surface area contributed by atoms with Gasteiger partial charge < -0.3 is 16.0 Å². The zero-order valence-corrected chi connectivity index (χ0v) is 15.0. The summed E-state index contributed by atoms with van der Waals surface area (Å²) in [6, 6.07) is 14.8. The number of carbonyl (C=O) groups excluding carboxylic acids is 3. The highest BCUT2D eigenvalue weighted by atomic mass is 16.2. The van der Waals surface area contributed by atoms with Gasteiger partial charge in [0.05, 0.1) is 13.1 Å². The normalized spacial score (nSPS) is 10.1. The van der Waals surface area contributed by atoms with Gasteiger partial charge in [0, 0.05) is 12.1 Å². The molecule has 26 heavy (non-hydrogen) atoms. The molecule has 0 spiro atoms. The van der Waals surface area contributed by atoms with Gasteiger partial charge >= 0.3 is 0 Å². The molecule has 2 aromatic carbocycles. The lowest BCUT2D eigenvalue weighted by Gasteiger charge is -2.09. The van der Waals surface area contributed by atoms with Crippen molar-refractivity contribution in [3.63, 3.8) is 0 Å². The van der Waals surface area contributed by atoms with Gasteiger partial charge in [-0.3, -0.25) is 14.4 Å². The fourth-order valence-electron chi connectivity index (χ4n) is 2.25. The molecule has 0 aliphatic heterocycles. The molecule has 2 aromatic rings. The van der Waals surface area contributed by atoms with E-state index in [2.05, 4.69) is 16.0 Å². The second-order valence-electron chi connectivity index (χ2n) is 6.02. The second kappa shape index (κ2) is 9.36. The lowest BCUT2D eigenvalue weighted by Crippen LogP contribution is -2.41. The molecular weight excluding hydrogens is 330 g/mol. The molecule has 2 rings (SSSR count). The van der Waals surface area contributed by atoms with E-state index in [1.807, 2.05) is 50.2 Å². The van der Waals surface area contributed by atoms with E-state index < -0.39 is 5.91 Å². The lowest BCUT2D eigenvalue weighted by molar-refractivity contribution is -0.125. The molecule has 0 unspecified atom stereocenters. The van der Waals surface area contributed by atoms with Gasteiger partial charge in [0.2, 0.25) is 11.8 Å². The summed E-state index contributed by atoms with van der Waals surface area (Å²) >= 11 is 0. The van der Waals surface area contributed by atoms with Crippen LogP contribution in [-0.2, 0) is 16.1 Å². The highest BCUT2D eigenvalue weighted by molar-refractivity contribution is 5.97. The van der Waals surface area contributed by atoms with Crippen molar-refractivity contribution in [2.75, 3.05) is 13.1 Å². The molecule has 3 N–H and O–H groups in total. The van der Waals surface area contributed by atoms with Crippen molar-refractivity contribution < 1.29 is 14.4 Å². The van der Waals surface area contributed by atoms with Gasteiger partial charge in [-0.15, -0.1) is 0 Å². The minimum absolute atomic E-state index is 0.134. The van der Waals surface area contributed by atoms with Crippen LogP contribution in [0.25, 0.3) is 0 Å². The molecule has 3 amide bonds. The first kappa shape index (κ1) is 19.2. The zero-order valence-electron chi connectivity index (χ0n) is 15.0. The van der Waals surface area contributed by atoms with E-state index in [0.717, 1.165) is 16.7 Å². The highest BCUT2D eigenvalue weighted by Gasteiger charge is 2.10. The van der Waals surface area contributed by atoms with Gasteiger partial charge in [0.15, 0.2) is 0 Å². The third-order valence-corrected chi connectivity index (χ3v) is 3.96. The molecule has 0 aliphatic carbocycles. The van der Waals surface area contributed by atoms with E-state index in [4.69, 9.17) is 0 Å². The predicted molar refractivity (Wildman–Crippen MR) is 99.5 cm³/mol. The number of aryl methyl sites for hydroxylation is 2. The maximum absolute atomic E-state index is 12.0. The van der Waals surface area contributed by atoms with Gasteiger partial charge in [-0.2, -0.15) is 0 Å². The number of carbonyl (C=O) groups is 3. The average molecular weight is 353 g/mol.